The maximum atomic E-state index is 11.8. The molecule has 4 nitrogen and oxygen atoms in total. The molecule has 0 radical (unpaired) electrons. The Bertz CT molecular complexity index is 494. The predicted octanol–water partition coefficient (Wildman–Crippen LogP) is 2.42. The number of carbonyl (C=O) groups is 1. The van der Waals surface area contributed by atoms with Crippen molar-refractivity contribution in [3.8, 4) is 5.75 Å². The molecule has 0 aromatic heterocycles. The van der Waals surface area contributed by atoms with Crippen molar-refractivity contribution in [1.82, 2.24) is 4.90 Å². The van der Waals surface area contributed by atoms with Crippen molar-refractivity contribution in [3.05, 3.63) is 28.8 Å². The number of benzene rings is 1. The molecule has 0 saturated heterocycles. The number of rotatable bonds is 7. The summed E-state index contributed by atoms with van der Waals surface area (Å²) in [6.45, 7) is 2.50. The molecule has 2 N–H and O–H groups in total. The molecular weight excluding hydrogens is 296 g/mol. The molecule has 0 fully saturated rings. The van der Waals surface area contributed by atoms with Crippen LogP contribution >= 0.6 is 23.8 Å². The molecule has 0 unspecified atom stereocenters. The third-order valence-electron chi connectivity index (χ3n) is 2.88. The van der Waals surface area contributed by atoms with Gasteiger partial charge in [-0.3, -0.25) is 4.79 Å². The molecule has 1 rings (SSSR count). The number of thiocarbonyl (C=S) groups is 1. The highest BCUT2D eigenvalue weighted by molar-refractivity contribution is 7.80. The molecule has 110 valence electrons. The van der Waals surface area contributed by atoms with Crippen molar-refractivity contribution in [2.75, 3.05) is 20.2 Å². The van der Waals surface area contributed by atoms with E-state index in [1.54, 1.807) is 24.1 Å². The van der Waals surface area contributed by atoms with E-state index in [2.05, 4.69) is 0 Å². The van der Waals surface area contributed by atoms with Gasteiger partial charge in [0, 0.05) is 25.0 Å². The zero-order valence-electron chi connectivity index (χ0n) is 11.7. The first kappa shape index (κ1) is 16.7. The summed E-state index contributed by atoms with van der Waals surface area (Å²) in [6.07, 6.45) is 1.33. The lowest BCUT2D eigenvalue weighted by molar-refractivity contribution is -0.131. The van der Waals surface area contributed by atoms with Crippen LogP contribution < -0.4 is 10.5 Å². The molecule has 0 aliphatic rings. The van der Waals surface area contributed by atoms with E-state index < -0.39 is 0 Å². The Morgan fingerprint density at radius 1 is 1.50 bits per heavy atom. The summed E-state index contributed by atoms with van der Waals surface area (Å²) < 4.78 is 5.48. The van der Waals surface area contributed by atoms with Crippen molar-refractivity contribution < 1.29 is 9.53 Å². The summed E-state index contributed by atoms with van der Waals surface area (Å²) in [7, 11) is 1.70. The first-order valence-corrected chi connectivity index (χ1v) is 7.16. The Morgan fingerprint density at radius 2 is 2.20 bits per heavy atom. The number of amides is 1. The van der Waals surface area contributed by atoms with Gasteiger partial charge in [0.2, 0.25) is 0 Å². The molecule has 0 saturated carbocycles. The van der Waals surface area contributed by atoms with Crippen LogP contribution in [0, 0.1) is 0 Å². The zero-order valence-corrected chi connectivity index (χ0v) is 13.3. The lowest BCUT2D eigenvalue weighted by atomic mass is 10.1. The van der Waals surface area contributed by atoms with Gasteiger partial charge in [-0.2, -0.15) is 0 Å². The summed E-state index contributed by atoms with van der Waals surface area (Å²) in [5, 5.41) is 0.708. The molecular formula is C14H19ClN2O2S. The molecule has 1 aromatic carbocycles. The lowest BCUT2D eigenvalue weighted by Crippen LogP contribution is -2.33. The molecule has 20 heavy (non-hydrogen) atoms. The van der Waals surface area contributed by atoms with Crippen LogP contribution in [-0.4, -0.2) is 36.0 Å². The van der Waals surface area contributed by atoms with Gasteiger partial charge in [-0.25, -0.2) is 0 Å². The molecule has 0 atom stereocenters. The fraction of sp³-hybridized carbons (Fsp3) is 0.429. The Morgan fingerprint density at radius 3 is 2.80 bits per heavy atom. The molecule has 0 bridgehead atoms. The highest BCUT2D eigenvalue weighted by Crippen LogP contribution is 2.22. The fourth-order valence-corrected chi connectivity index (χ4v) is 1.91. The summed E-state index contributed by atoms with van der Waals surface area (Å²) in [5.41, 5.74) is 6.40. The van der Waals surface area contributed by atoms with Gasteiger partial charge in [-0.05, 0) is 30.2 Å². The van der Waals surface area contributed by atoms with Crippen LogP contribution in [0.5, 0.6) is 5.75 Å². The third kappa shape index (κ3) is 5.35. The Kier molecular flexibility index (Phi) is 6.75. The van der Waals surface area contributed by atoms with Crippen molar-refractivity contribution >= 4 is 34.7 Å². The van der Waals surface area contributed by atoms with E-state index in [0.29, 0.717) is 28.7 Å². The van der Waals surface area contributed by atoms with Crippen LogP contribution in [0.3, 0.4) is 0 Å². The highest BCUT2D eigenvalue weighted by atomic mass is 35.5. The summed E-state index contributed by atoms with van der Waals surface area (Å²) >= 11 is 10.8. The molecule has 1 amide bonds. The topological polar surface area (TPSA) is 55.6 Å². The second-order valence-corrected chi connectivity index (χ2v) is 5.36. The number of hydrogen-bond acceptors (Lipinski definition) is 3. The first-order chi connectivity index (χ1) is 9.43. The molecule has 0 aliphatic carbocycles. The number of nitrogens with zero attached hydrogens (tertiary/aromatic N) is 1. The zero-order chi connectivity index (χ0) is 15.1. The van der Waals surface area contributed by atoms with Gasteiger partial charge >= 0.3 is 0 Å². The second kappa shape index (κ2) is 8.07. The Hall–Kier alpha value is -1.33. The number of nitrogens with two attached hydrogens (primary N) is 1. The van der Waals surface area contributed by atoms with E-state index >= 15 is 0 Å². The maximum absolute atomic E-state index is 11.8. The first-order valence-electron chi connectivity index (χ1n) is 6.37. The minimum absolute atomic E-state index is 0.0153. The van der Waals surface area contributed by atoms with E-state index in [1.165, 1.54) is 0 Å². The lowest BCUT2D eigenvalue weighted by Gasteiger charge is -2.17. The van der Waals surface area contributed by atoms with Crippen LogP contribution in [0.1, 0.15) is 18.9 Å². The highest BCUT2D eigenvalue weighted by Gasteiger charge is 2.10. The van der Waals surface area contributed by atoms with Crippen molar-refractivity contribution in [2.24, 2.45) is 5.73 Å². The van der Waals surface area contributed by atoms with Crippen molar-refractivity contribution in [2.45, 2.75) is 19.8 Å². The van der Waals surface area contributed by atoms with E-state index in [4.69, 9.17) is 34.3 Å². The Labute approximate surface area is 129 Å². The average Bonchev–Trinajstić information content (AvgIpc) is 2.43. The van der Waals surface area contributed by atoms with Crippen molar-refractivity contribution in [1.29, 1.82) is 0 Å². The van der Waals surface area contributed by atoms with E-state index in [0.717, 1.165) is 12.0 Å². The summed E-state index contributed by atoms with van der Waals surface area (Å²) in [6, 6.07) is 5.38. The molecule has 0 heterocycles. The summed E-state index contributed by atoms with van der Waals surface area (Å²) in [4.78, 5) is 13.8. The number of aryl methyl sites for hydroxylation is 1. The number of hydrogen-bond donors (Lipinski definition) is 1. The SMILES string of the molecule is CCc1cc(OCC(=O)N(C)CCC(N)=S)ccc1Cl. The molecule has 0 aliphatic heterocycles. The maximum Gasteiger partial charge on any atom is 0.260 e. The quantitative estimate of drug-likeness (QED) is 0.785. The minimum Gasteiger partial charge on any atom is -0.484 e. The monoisotopic (exact) mass is 314 g/mol. The van der Waals surface area contributed by atoms with Gasteiger partial charge in [0.05, 0.1) is 4.99 Å². The number of ether oxygens (including phenoxy) is 1. The van der Waals surface area contributed by atoms with Crippen LogP contribution in [0.4, 0.5) is 0 Å². The molecule has 0 spiro atoms. The largest absolute Gasteiger partial charge is 0.484 e. The average molecular weight is 315 g/mol. The van der Waals surface area contributed by atoms with Crippen LogP contribution in [-0.2, 0) is 11.2 Å². The van der Waals surface area contributed by atoms with Crippen LogP contribution in [0.2, 0.25) is 5.02 Å². The third-order valence-corrected chi connectivity index (χ3v) is 3.45. The van der Waals surface area contributed by atoms with E-state index in [-0.39, 0.29) is 12.5 Å². The standard InChI is InChI=1S/C14H19ClN2O2S/c1-3-10-8-11(4-5-12(10)15)19-9-14(18)17(2)7-6-13(16)20/h4-5,8H,3,6-7,9H2,1-2H3,(H2,16,20). The van der Waals surface area contributed by atoms with Gasteiger partial charge < -0.3 is 15.4 Å². The number of likely N-dealkylation sites (N-methyl/N-ethyl adjacent to an activating group) is 1. The van der Waals surface area contributed by atoms with Gasteiger partial charge in [-0.15, -0.1) is 0 Å². The minimum atomic E-state index is -0.116. The second-order valence-electron chi connectivity index (χ2n) is 4.43. The van der Waals surface area contributed by atoms with E-state index in [1.807, 2.05) is 13.0 Å². The van der Waals surface area contributed by atoms with E-state index in [9.17, 15) is 4.79 Å². The molecule has 1 aromatic rings. The molecule has 6 heteroatoms. The van der Waals surface area contributed by atoms with Gasteiger partial charge in [0.25, 0.3) is 5.91 Å². The number of halogens is 1. The normalized spacial score (nSPS) is 10.2. The van der Waals surface area contributed by atoms with Gasteiger partial charge in [-0.1, -0.05) is 30.7 Å². The summed E-state index contributed by atoms with van der Waals surface area (Å²) in [5.74, 6) is 0.525. The Balaban J connectivity index is 2.50. The number of carbonyl (C=O) groups excluding carboxylic acids is 1. The fourth-order valence-electron chi connectivity index (χ4n) is 1.57. The van der Waals surface area contributed by atoms with Crippen LogP contribution in [0.15, 0.2) is 18.2 Å². The predicted molar refractivity (Wildman–Crippen MR) is 85.4 cm³/mol. The smallest absolute Gasteiger partial charge is 0.260 e. The van der Waals surface area contributed by atoms with Crippen molar-refractivity contribution in [3.63, 3.8) is 0 Å². The van der Waals surface area contributed by atoms with Crippen LogP contribution in [0.25, 0.3) is 0 Å². The van der Waals surface area contributed by atoms with Gasteiger partial charge in [0.15, 0.2) is 6.61 Å². The van der Waals surface area contributed by atoms with Gasteiger partial charge in [0.1, 0.15) is 5.75 Å².